The van der Waals surface area contributed by atoms with Gasteiger partial charge >= 0.3 is 0 Å². The number of hydrogen-bond donors (Lipinski definition) is 2. The molecule has 6 rings (SSSR count). The van der Waals surface area contributed by atoms with Crippen LogP contribution in [0.25, 0.3) is 33.5 Å². The van der Waals surface area contributed by atoms with Crippen molar-refractivity contribution in [3.63, 3.8) is 0 Å². The number of amides is 1. The van der Waals surface area contributed by atoms with Crippen molar-refractivity contribution < 1.29 is 13.9 Å². The summed E-state index contributed by atoms with van der Waals surface area (Å²) < 4.78 is 24.3. The summed E-state index contributed by atoms with van der Waals surface area (Å²) in [7, 11) is 1.70. The van der Waals surface area contributed by atoms with Crippen molar-refractivity contribution in [1.29, 1.82) is 0 Å². The Morgan fingerprint density at radius 3 is 2.51 bits per heavy atom. The van der Waals surface area contributed by atoms with Gasteiger partial charge in [-0.15, -0.1) is 0 Å². The number of carbonyl (C=O) groups is 1. The van der Waals surface area contributed by atoms with Crippen molar-refractivity contribution in [2.75, 3.05) is 39.1 Å². The summed E-state index contributed by atoms with van der Waals surface area (Å²) in [6, 6.07) is 17.0. The van der Waals surface area contributed by atoms with Gasteiger partial charge in [0, 0.05) is 53.8 Å². The molecule has 1 fully saturated rings. The Hall–Kier alpha value is -4.87. The molecule has 0 radical (unpaired) electrons. The summed E-state index contributed by atoms with van der Waals surface area (Å²) in [6.07, 6.45) is 4.80. The standard InChI is InChI=1S/C32H32FN7O3/c1-43-16-15-38-12-9-20(10-13-38)27-18-25(29-30(34)36-19-37-40(27)29)24-8-7-21(17-26(24)33)23-11-14-39(22-5-3-2-4-6-22)32(42)28(23)31(35)41/h2-8,11,14,17-20H,9-10,12-13,15-16H2,1H3,(H2,35,41)(H2,34,36,37). The van der Waals surface area contributed by atoms with Gasteiger partial charge < -0.3 is 21.1 Å². The molecule has 5 aromatic rings. The number of ether oxygens (including phenoxy) is 1. The van der Waals surface area contributed by atoms with Crippen molar-refractivity contribution in [2.24, 2.45) is 5.73 Å². The third kappa shape index (κ3) is 5.28. The van der Waals surface area contributed by atoms with Crippen LogP contribution < -0.4 is 17.0 Å². The molecular weight excluding hydrogens is 549 g/mol. The number of hydrogen-bond acceptors (Lipinski definition) is 7. The van der Waals surface area contributed by atoms with Gasteiger partial charge in [0.2, 0.25) is 0 Å². The van der Waals surface area contributed by atoms with E-state index in [1.807, 2.05) is 12.1 Å². The highest BCUT2D eigenvalue weighted by atomic mass is 19.1. The lowest BCUT2D eigenvalue weighted by Gasteiger charge is -2.31. The summed E-state index contributed by atoms with van der Waals surface area (Å²) in [5.74, 6) is -0.975. The van der Waals surface area contributed by atoms with Crippen LogP contribution in [0.1, 0.15) is 34.8 Å². The lowest BCUT2D eigenvalue weighted by atomic mass is 9.92. The fourth-order valence-corrected chi connectivity index (χ4v) is 5.97. The number of primary amides is 1. The van der Waals surface area contributed by atoms with E-state index in [0.29, 0.717) is 34.5 Å². The van der Waals surface area contributed by atoms with E-state index >= 15 is 4.39 Å². The molecule has 0 spiro atoms. The molecule has 0 atom stereocenters. The first-order chi connectivity index (χ1) is 20.9. The summed E-state index contributed by atoms with van der Waals surface area (Å²) >= 11 is 0. The van der Waals surface area contributed by atoms with E-state index < -0.39 is 17.3 Å². The minimum atomic E-state index is -0.893. The molecule has 43 heavy (non-hydrogen) atoms. The number of methoxy groups -OCH3 is 1. The number of pyridine rings is 1. The van der Waals surface area contributed by atoms with Crippen molar-refractivity contribution >= 4 is 17.2 Å². The number of carbonyl (C=O) groups excluding carboxylic acids is 1. The van der Waals surface area contributed by atoms with E-state index in [-0.39, 0.29) is 22.9 Å². The van der Waals surface area contributed by atoms with Gasteiger partial charge in [-0.2, -0.15) is 5.10 Å². The third-order valence-electron chi connectivity index (χ3n) is 8.17. The van der Waals surface area contributed by atoms with Gasteiger partial charge in [0.05, 0.1) is 6.61 Å². The Labute approximate surface area is 247 Å². The van der Waals surface area contributed by atoms with Crippen molar-refractivity contribution in [1.82, 2.24) is 24.1 Å². The number of aromatic nitrogens is 4. The molecule has 10 nitrogen and oxygen atoms in total. The highest BCUT2D eigenvalue weighted by Gasteiger charge is 2.27. The Bertz CT molecular complexity index is 1860. The molecule has 0 saturated carbocycles. The van der Waals surface area contributed by atoms with E-state index in [2.05, 4.69) is 15.0 Å². The molecule has 220 valence electrons. The summed E-state index contributed by atoms with van der Waals surface area (Å²) in [4.78, 5) is 32.3. The van der Waals surface area contributed by atoms with Gasteiger partial charge in [-0.25, -0.2) is 13.9 Å². The highest BCUT2D eigenvalue weighted by Crippen LogP contribution is 2.38. The number of likely N-dealkylation sites (tertiary alicyclic amines) is 1. The van der Waals surface area contributed by atoms with E-state index in [0.717, 1.165) is 38.2 Å². The maximum Gasteiger partial charge on any atom is 0.268 e. The van der Waals surface area contributed by atoms with Gasteiger partial charge in [-0.05, 0) is 61.8 Å². The van der Waals surface area contributed by atoms with Gasteiger partial charge in [0.1, 0.15) is 23.2 Å². The second-order valence-electron chi connectivity index (χ2n) is 10.7. The summed E-state index contributed by atoms with van der Waals surface area (Å²) in [5.41, 5.74) is 14.7. The van der Waals surface area contributed by atoms with Crippen molar-refractivity contribution in [3.8, 4) is 27.9 Å². The Kier molecular flexibility index (Phi) is 7.75. The number of piperidine rings is 1. The van der Waals surface area contributed by atoms with Crippen LogP contribution >= 0.6 is 0 Å². The molecular formula is C32H32FN7O3. The molecule has 2 aromatic carbocycles. The van der Waals surface area contributed by atoms with Crippen LogP contribution in [0.15, 0.2) is 78.0 Å². The first kappa shape index (κ1) is 28.3. The van der Waals surface area contributed by atoms with Crippen molar-refractivity contribution in [3.05, 3.63) is 101 Å². The van der Waals surface area contributed by atoms with E-state index in [1.165, 1.54) is 17.0 Å². The number of nitrogens with two attached hydrogens (primary N) is 2. The van der Waals surface area contributed by atoms with Crippen LogP contribution in [0.2, 0.25) is 0 Å². The minimum absolute atomic E-state index is 0.214. The van der Waals surface area contributed by atoms with Crippen LogP contribution in [0.3, 0.4) is 0 Å². The molecule has 4 N–H and O–H groups in total. The van der Waals surface area contributed by atoms with Crippen LogP contribution in [0, 0.1) is 5.82 Å². The molecule has 1 amide bonds. The number of halogens is 1. The highest BCUT2D eigenvalue weighted by molar-refractivity contribution is 6.00. The normalized spacial score (nSPS) is 14.4. The topological polar surface area (TPSA) is 134 Å². The van der Waals surface area contributed by atoms with Crippen LogP contribution in [-0.4, -0.2) is 63.3 Å². The number of nitrogens with zero attached hydrogens (tertiary/aromatic N) is 5. The zero-order valence-corrected chi connectivity index (χ0v) is 23.7. The number of para-hydroxylation sites is 1. The predicted octanol–water partition coefficient (Wildman–Crippen LogP) is 3.86. The maximum absolute atomic E-state index is 16.0. The second kappa shape index (κ2) is 11.8. The van der Waals surface area contributed by atoms with Gasteiger partial charge in [-0.3, -0.25) is 14.2 Å². The minimum Gasteiger partial charge on any atom is -0.383 e. The SMILES string of the molecule is COCCN1CCC(c2cc(-c3ccc(-c4ccn(-c5ccccc5)c(=O)c4C(N)=O)cc3F)c3c(N)ncnn23)CC1. The lowest BCUT2D eigenvalue weighted by molar-refractivity contribution is 0.0999. The third-order valence-corrected chi connectivity index (χ3v) is 8.17. The van der Waals surface area contributed by atoms with Crippen molar-refractivity contribution in [2.45, 2.75) is 18.8 Å². The Morgan fingerprint density at radius 2 is 1.81 bits per heavy atom. The zero-order valence-electron chi connectivity index (χ0n) is 23.7. The molecule has 1 saturated heterocycles. The molecule has 4 heterocycles. The smallest absolute Gasteiger partial charge is 0.268 e. The van der Waals surface area contributed by atoms with E-state index in [4.69, 9.17) is 16.2 Å². The molecule has 1 aliphatic heterocycles. The largest absolute Gasteiger partial charge is 0.383 e. The van der Waals surface area contributed by atoms with Gasteiger partial charge in [-0.1, -0.05) is 30.3 Å². The molecule has 1 aliphatic rings. The first-order valence-electron chi connectivity index (χ1n) is 14.1. The van der Waals surface area contributed by atoms with E-state index in [9.17, 15) is 9.59 Å². The number of rotatable bonds is 8. The van der Waals surface area contributed by atoms with Gasteiger partial charge in [0.15, 0.2) is 5.82 Å². The first-order valence-corrected chi connectivity index (χ1v) is 14.1. The quantitative estimate of drug-likeness (QED) is 0.284. The number of anilines is 1. The molecule has 11 heteroatoms. The second-order valence-corrected chi connectivity index (χ2v) is 10.7. The predicted molar refractivity (Wildman–Crippen MR) is 163 cm³/mol. The van der Waals surface area contributed by atoms with E-state index in [1.54, 1.807) is 60.3 Å². The van der Waals surface area contributed by atoms with Crippen LogP contribution in [0.5, 0.6) is 0 Å². The average molecular weight is 582 g/mol. The maximum atomic E-state index is 16.0. The van der Waals surface area contributed by atoms with Crippen LogP contribution in [0.4, 0.5) is 10.2 Å². The molecule has 0 unspecified atom stereocenters. The lowest BCUT2D eigenvalue weighted by Crippen LogP contribution is -2.35. The summed E-state index contributed by atoms with van der Waals surface area (Å²) in [5, 5.41) is 4.48. The molecule has 3 aromatic heterocycles. The fraction of sp³-hybridized carbons (Fsp3) is 0.250. The number of benzene rings is 2. The van der Waals surface area contributed by atoms with Gasteiger partial charge in [0.25, 0.3) is 11.5 Å². The number of fused-ring (bicyclic) bond motifs is 1. The molecule has 0 aliphatic carbocycles. The Morgan fingerprint density at radius 1 is 1.05 bits per heavy atom. The fourth-order valence-electron chi connectivity index (χ4n) is 5.97. The van der Waals surface area contributed by atoms with Crippen LogP contribution in [-0.2, 0) is 4.74 Å². The monoisotopic (exact) mass is 581 g/mol. The average Bonchev–Trinajstić information content (AvgIpc) is 3.41. The molecule has 0 bridgehead atoms. The zero-order chi connectivity index (χ0) is 30.1. The summed E-state index contributed by atoms with van der Waals surface area (Å²) in [6.45, 7) is 3.42. The number of nitrogen functional groups attached to an aromatic ring is 1. The Balaban J connectivity index is 1.39.